The summed E-state index contributed by atoms with van der Waals surface area (Å²) >= 11 is 0. The van der Waals surface area contributed by atoms with E-state index in [-0.39, 0.29) is 12.1 Å². The number of carbonyl (C=O) groups is 1. The third-order valence-corrected chi connectivity index (χ3v) is 8.58. The van der Waals surface area contributed by atoms with Gasteiger partial charge in [0.25, 0.3) is 0 Å². The monoisotopic (exact) mass is 667 g/mol. The largest absolute Gasteiger partial charge is 0.354 e. The van der Waals surface area contributed by atoms with Gasteiger partial charge in [-0.05, 0) is 49.4 Å². The molecule has 12 nitrogen and oxygen atoms in total. The van der Waals surface area contributed by atoms with E-state index in [0.717, 1.165) is 65.3 Å². The van der Waals surface area contributed by atoms with Crippen molar-refractivity contribution in [2.24, 2.45) is 14.1 Å². The van der Waals surface area contributed by atoms with Gasteiger partial charge >= 0.3 is 6.03 Å². The lowest BCUT2D eigenvalue weighted by molar-refractivity contribution is 0.242. The molecule has 0 saturated heterocycles. The van der Waals surface area contributed by atoms with E-state index in [0.29, 0.717) is 36.1 Å². The minimum Gasteiger partial charge on any atom is -0.354 e. The van der Waals surface area contributed by atoms with Crippen molar-refractivity contribution in [3.05, 3.63) is 103 Å². The summed E-state index contributed by atoms with van der Waals surface area (Å²) in [7, 11) is 3.77. The van der Waals surface area contributed by atoms with Crippen molar-refractivity contribution in [3.8, 4) is 28.5 Å². The quantitative estimate of drug-likeness (QED) is 0.120. The number of rotatable bonds is 14. The number of benzene rings is 2. The standard InChI is InChI=1S/C38H41N11O/c1-4-10-33(13-8-9-18-40-37-42-23-31(20-39)36(45-37)28-14-15-30-25-48(3)46-34(30)19-28)49(38(50)43-21-27-11-6-5-7-12-27)35-17-16-29(22-41-35)32-24-44-47(2)26-32/h5-7,11-12,14-17,19,22-26,33H,4,8-10,13,18,21H2,1-3H3,(H,43,50)(H,40,42,45)/t33-/m0/s1. The Balaban J connectivity index is 1.13. The number of hydrogen-bond acceptors (Lipinski definition) is 8. The SMILES string of the molecule is CCC[C@@H](CCCCNc1ncc(C#N)c(-c2ccc3cn(C)nc3c2)n1)N(C(=O)NCc1ccccc1)c1ccc(-c2cnn(C)c2)cn1. The average molecular weight is 668 g/mol. The molecule has 12 heteroatoms. The molecule has 0 aliphatic rings. The summed E-state index contributed by atoms with van der Waals surface area (Å²) in [6.07, 6.45) is 13.3. The molecule has 2 N–H and O–H groups in total. The number of hydrogen-bond donors (Lipinski definition) is 2. The van der Waals surface area contributed by atoms with Gasteiger partial charge in [0.2, 0.25) is 5.95 Å². The molecule has 50 heavy (non-hydrogen) atoms. The molecule has 0 bridgehead atoms. The van der Waals surface area contributed by atoms with Crippen LogP contribution in [0, 0.1) is 11.3 Å². The number of nitrogens with zero attached hydrogens (tertiary/aromatic N) is 9. The summed E-state index contributed by atoms with van der Waals surface area (Å²) in [6.45, 7) is 3.20. The molecule has 0 radical (unpaired) electrons. The third-order valence-electron chi connectivity index (χ3n) is 8.58. The maximum Gasteiger partial charge on any atom is 0.323 e. The highest BCUT2D eigenvalue weighted by Crippen LogP contribution is 2.27. The van der Waals surface area contributed by atoms with E-state index < -0.39 is 0 Å². The van der Waals surface area contributed by atoms with Crippen LogP contribution in [-0.4, -0.2) is 53.1 Å². The number of nitrogens with one attached hydrogen (secondary N) is 2. The first-order valence-corrected chi connectivity index (χ1v) is 16.9. The van der Waals surface area contributed by atoms with E-state index in [1.807, 2.05) is 92.1 Å². The zero-order valence-corrected chi connectivity index (χ0v) is 28.6. The molecule has 4 heterocycles. The van der Waals surface area contributed by atoms with Crippen molar-refractivity contribution in [1.29, 1.82) is 5.26 Å². The molecule has 0 saturated carbocycles. The minimum atomic E-state index is -0.172. The molecule has 6 rings (SSSR count). The lowest BCUT2D eigenvalue weighted by Gasteiger charge is -2.31. The Bertz CT molecular complexity index is 2080. The first-order chi connectivity index (χ1) is 24.4. The van der Waals surface area contributed by atoms with E-state index in [4.69, 9.17) is 9.97 Å². The van der Waals surface area contributed by atoms with Crippen LogP contribution in [0.3, 0.4) is 0 Å². The molecule has 0 fully saturated rings. The number of fused-ring (bicyclic) bond motifs is 1. The predicted molar refractivity (Wildman–Crippen MR) is 195 cm³/mol. The molecule has 0 unspecified atom stereocenters. The molecule has 2 amide bonds. The molecule has 6 aromatic rings. The summed E-state index contributed by atoms with van der Waals surface area (Å²) < 4.78 is 3.53. The van der Waals surface area contributed by atoms with Crippen LogP contribution in [0.4, 0.5) is 16.6 Å². The molecular formula is C38H41N11O. The Morgan fingerprint density at radius 3 is 2.50 bits per heavy atom. The van der Waals surface area contributed by atoms with Crippen LogP contribution in [-0.2, 0) is 20.6 Å². The Morgan fingerprint density at radius 1 is 0.920 bits per heavy atom. The van der Waals surface area contributed by atoms with Gasteiger partial charge in [-0.25, -0.2) is 19.7 Å². The van der Waals surface area contributed by atoms with Crippen molar-refractivity contribution >= 4 is 28.7 Å². The highest BCUT2D eigenvalue weighted by Gasteiger charge is 2.26. The van der Waals surface area contributed by atoms with Crippen LogP contribution in [0.1, 0.15) is 50.2 Å². The fourth-order valence-electron chi connectivity index (χ4n) is 6.08. The van der Waals surface area contributed by atoms with E-state index in [1.165, 1.54) is 0 Å². The van der Waals surface area contributed by atoms with Crippen molar-refractivity contribution in [3.63, 3.8) is 0 Å². The lowest BCUT2D eigenvalue weighted by atomic mass is 10.0. The number of pyridine rings is 1. The maximum absolute atomic E-state index is 13.8. The van der Waals surface area contributed by atoms with Crippen molar-refractivity contribution in [1.82, 2.24) is 39.8 Å². The van der Waals surface area contributed by atoms with Gasteiger partial charge in [0.1, 0.15) is 11.9 Å². The molecule has 1 atom stereocenters. The number of carbonyl (C=O) groups excluding carboxylic acids is 1. The summed E-state index contributed by atoms with van der Waals surface area (Å²) in [4.78, 5) is 29.5. The molecule has 4 aromatic heterocycles. The average Bonchev–Trinajstić information content (AvgIpc) is 3.75. The lowest BCUT2D eigenvalue weighted by Crippen LogP contribution is -2.46. The van der Waals surface area contributed by atoms with Crippen LogP contribution in [0.2, 0.25) is 0 Å². The summed E-state index contributed by atoms with van der Waals surface area (Å²) in [5.74, 6) is 1.08. The fourth-order valence-corrected chi connectivity index (χ4v) is 6.08. The molecule has 0 spiro atoms. The Morgan fingerprint density at radius 2 is 1.76 bits per heavy atom. The molecule has 0 aliphatic carbocycles. The van der Waals surface area contributed by atoms with Crippen molar-refractivity contribution < 1.29 is 4.79 Å². The van der Waals surface area contributed by atoms with Crippen LogP contribution in [0.15, 0.2) is 91.6 Å². The normalized spacial score (nSPS) is 11.6. The second kappa shape index (κ2) is 15.9. The molecule has 254 valence electrons. The zero-order chi connectivity index (χ0) is 34.9. The van der Waals surface area contributed by atoms with Gasteiger partial charge < -0.3 is 10.6 Å². The summed E-state index contributed by atoms with van der Waals surface area (Å²) in [5.41, 5.74) is 5.57. The van der Waals surface area contributed by atoms with Crippen LogP contribution < -0.4 is 15.5 Å². The van der Waals surface area contributed by atoms with E-state index in [9.17, 15) is 10.1 Å². The van der Waals surface area contributed by atoms with E-state index in [1.54, 1.807) is 28.0 Å². The molecular weight excluding hydrogens is 626 g/mol. The smallest absolute Gasteiger partial charge is 0.323 e. The van der Waals surface area contributed by atoms with Gasteiger partial charge in [-0.2, -0.15) is 15.5 Å². The molecule has 0 aliphatic heterocycles. The van der Waals surface area contributed by atoms with Gasteiger partial charge in [-0.15, -0.1) is 0 Å². The van der Waals surface area contributed by atoms with E-state index >= 15 is 0 Å². The maximum atomic E-state index is 13.8. The Labute approximate surface area is 291 Å². The number of nitriles is 1. The number of anilines is 2. The first kappa shape index (κ1) is 33.8. The van der Waals surface area contributed by atoms with Crippen molar-refractivity contribution in [2.75, 3.05) is 16.8 Å². The number of unbranched alkanes of at least 4 members (excludes halogenated alkanes) is 1. The third kappa shape index (κ3) is 8.13. The van der Waals surface area contributed by atoms with Gasteiger partial charge in [-0.3, -0.25) is 14.3 Å². The number of urea groups is 1. The van der Waals surface area contributed by atoms with Crippen LogP contribution in [0.25, 0.3) is 33.3 Å². The van der Waals surface area contributed by atoms with Gasteiger partial charge in [-0.1, -0.05) is 55.8 Å². The Kier molecular flexibility index (Phi) is 10.7. The highest BCUT2D eigenvalue weighted by molar-refractivity contribution is 5.91. The van der Waals surface area contributed by atoms with Gasteiger partial charge in [0.15, 0.2) is 0 Å². The van der Waals surface area contributed by atoms with E-state index in [2.05, 4.69) is 38.8 Å². The van der Waals surface area contributed by atoms with Gasteiger partial charge in [0.05, 0.1) is 29.2 Å². The summed E-state index contributed by atoms with van der Waals surface area (Å²) in [6, 6.07) is 21.7. The van der Waals surface area contributed by atoms with Gasteiger partial charge in [0, 0.05) is 73.9 Å². The van der Waals surface area contributed by atoms with Crippen LogP contribution in [0.5, 0.6) is 0 Å². The van der Waals surface area contributed by atoms with Crippen LogP contribution >= 0.6 is 0 Å². The first-order valence-electron chi connectivity index (χ1n) is 16.9. The fraction of sp³-hybridized carbons (Fsp3) is 0.289. The molecule has 2 aromatic carbocycles. The number of aryl methyl sites for hydroxylation is 2. The Hall–Kier alpha value is -6.09. The second-order valence-corrected chi connectivity index (χ2v) is 12.3. The minimum absolute atomic E-state index is 0.0493. The number of aromatic nitrogens is 7. The highest BCUT2D eigenvalue weighted by atomic mass is 16.2. The predicted octanol–water partition coefficient (Wildman–Crippen LogP) is 6.86. The topological polar surface area (TPSA) is 142 Å². The number of amides is 2. The zero-order valence-electron chi connectivity index (χ0n) is 28.6. The second-order valence-electron chi connectivity index (χ2n) is 12.3. The summed E-state index contributed by atoms with van der Waals surface area (Å²) in [5, 5.41) is 26.0. The van der Waals surface area contributed by atoms with Crippen molar-refractivity contribution in [2.45, 2.75) is 51.6 Å².